The van der Waals surface area contributed by atoms with Crippen LogP contribution in [0.5, 0.6) is 5.75 Å². The predicted molar refractivity (Wildman–Crippen MR) is 91.4 cm³/mol. The van der Waals surface area contributed by atoms with E-state index in [2.05, 4.69) is 10.3 Å². The van der Waals surface area contributed by atoms with E-state index in [-0.39, 0.29) is 5.91 Å². The van der Waals surface area contributed by atoms with Crippen molar-refractivity contribution < 1.29 is 14.3 Å². The first kappa shape index (κ1) is 15.5. The Kier molecular flexibility index (Phi) is 4.85. The molecule has 3 rings (SSSR count). The fraction of sp³-hybridized carbons (Fsp3) is 0.176. The van der Waals surface area contributed by atoms with Gasteiger partial charge < -0.3 is 9.47 Å². The molecule has 0 aliphatic heterocycles. The molecular weight excluding hydrogens is 312 g/mol. The molecule has 2 aromatic carbocycles. The highest BCUT2D eigenvalue weighted by Crippen LogP contribution is 2.27. The van der Waals surface area contributed by atoms with Gasteiger partial charge in [-0.15, -0.1) is 0 Å². The van der Waals surface area contributed by atoms with E-state index in [1.165, 1.54) is 11.3 Å². The number of carbonyl (C=O) groups is 1. The summed E-state index contributed by atoms with van der Waals surface area (Å²) >= 11 is 1.44. The van der Waals surface area contributed by atoms with E-state index < -0.39 is 0 Å². The van der Waals surface area contributed by atoms with Crippen molar-refractivity contribution in [3.63, 3.8) is 0 Å². The summed E-state index contributed by atoms with van der Waals surface area (Å²) in [6, 6.07) is 14.9. The quantitative estimate of drug-likeness (QED) is 0.703. The number of nitrogens with zero attached hydrogens (tertiary/aromatic N) is 1. The van der Waals surface area contributed by atoms with Crippen molar-refractivity contribution in [2.45, 2.75) is 0 Å². The third-order valence-corrected chi connectivity index (χ3v) is 4.14. The summed E-state index contributed by atoms with van der Waals surface area (Å²) in [7, 11) is 1.61. The summed E-state index contributed by atoms with van der Waals surface area (Å²) in [5, 5.41) is 3.41. The van der Waals surface area contributed by atoms with Crippen LogP contribution in [0.25, 0.3) is 10.2 Å². The molecule has 0 atom stereocenters. The Hall–Kier alpha value is -2.44. The largest absolute Gasteiger partial charge is 0.490 e. The van der Waals surface area contributed by atoms with Gasteiger partial charge in [0.15, 0.2) is 5.13 Å². The molecule has 118 valence electrons. The molecule has 6 heteroatoms. The normalized spacial score (nSPS) is 10.7. The number of anilines is 1. The monoisotopic (exact) mass is 328 g/mol. The van der Waals surface area contributed by atoms with Crippen LogP contribution in [0.2, 0.25) is 0 Å². The van der Waals surface area contributed by atoms with Crippen LogP contribution in [0.1, 0.15) is 10.4 Å². The van der Waals surface area contributed by atoms with Gasteiger partial charge in [-0.3, -0.25) is 10.1 Å². The van der Waals surface area contributed by atoms with E-state index in [1.54, 1.807) is 25.3 Å². The minimum atomic E-state index is -0.239. The number of ether oxygens (including phenoxy) is 2. The summed E-state index contributed by atoms with van der Waals surface area (Å²) in [4.78, 5) is 16.9. The number of amides is 1. The maximum absolute atomic E-state index is 12.5. The van der Waals surface area contributed by atoms with Crippen LogP contribution in [0.4, 0.5) is 5.13 Å². The summed E-state index contributed by atoms with van der Waals surface area (Å²) in [6.45, 7) is 0.857. The first-order valence-electron chi connectivity index (χ1n) is 7.15. The van der Waals surface area contributed by atoms with Crippen LogP contribution < -0.4 is 10.1 Å². The third-order valence-electron chi connectivity index (χ3n) is 3.19. The van der Waals surface area contributed by atoms with Gasteiger partial charge in [0, 0.05) is 7.11 Å². The number of methoxy groups -OCH3 is 1. The van der Waals surface area contributed by atoms with Crippen molar-refractivity contribution >= 4 is 32.6 Å². The summed E-state index contributed by atoms with van der Waals surface area (Å²) in [6.07, 6.45) is 0. The fourth-order valence-electron chi connectivity index (χ4n) is 2.11. The van der Waals surface area contributed by atoms with Gasteiger partial charge in [-0.2, -0.15) is 0 Å². The van der Waals surface area contributed by atoms with E-state index in [0.717, 1.165) is 10.2 Å². The summed E-state index contributed by atoms with van der Waals surface area (Å²) in [5.74, 6) is 0.292. The van der Waals surface area contributed by atoms with Crippen LogP contribution >= 0.6 is 11.3 Å². The molecule has 5 nitrogen and oxygen atoms in total. The molecule has 1 amide bonds. The van der Waals surface area contributed by atoms with Crippen LogP contribution in [0.15, 0.2) is 48.5 Å². The van der Waals surface area contributed by atoms with Crippen molar-refractivity contribution in [2.75, 3.05) is 25.6 Å². The Morgan fingerprint density at radius 3 is 2.74 bits per heavy atom. The minimum Gasteiger partial charge on any atom is -0.490 e. The lowest BCUT2D eigenvalue weighted by Crippen LogP contribution is -2.14. The number of thiazole rings is 1. The molecule has 0 radical (unpaired) electrons. The molecule has 0 bridgehead atoms. The Bertz CT molecular complexity index is 783. The van der Waals surface area contributed by atoms with Crippen molar-refractivity contribution in [3.8, 4) is 5.75 Å². The van der Waals surface area contributed by atoms with Crippen molar-refractivity contribution in [1.29, 1.82) is 0 Å². The number of carbonyl (C=O) groups excluding carboxylic acids is 1. The van der Waals surface area contributed by atoms with Crippen molar-refractivity contribution in [2.24, 2.45) is 0 Å². The molecule has 1 heterocycles. The highest BCUT2D eigenvalue weighted by Gasteiger charge is 2.14. The molecule has 0 saturated carbocycles. The fourth-order valence-corrected chi connectivity index (χ4v) is 2.97. The molecule has 0 spiro atoms. The average Bonchev–Trinajstić information content (AvgIpc) is 2.97. The Balaban J connectivity index is 1.77. The van der Waals surface area contributed by atoms with Gasteiger partial charge in [0.25, 0.3) is 5.91 Å². The zero-order valence-electron chi connectivity index (χ0n) is 12.6. The van der Waals surface area contributed by atoms with Crippen LogP contribution in [-0.2, 0) is 4.74 Å². The number of para-hydroxylation sites is 2. The van der Waals surface area contributed by atoms with Crippen molar-refractivity contribution in [1.82, 2.24) is 4.98 Å². The zero-order valence-corrected chi connectivity index (χ0v) is 13.4. The standard InChI is InChI=1S/C17H16N2O3S/c1-21-10-11-22-14-8-4-2-6-12(14)16(20)19-17-18-13-7-3-5-9-15(13)23-17/h2-9H,10-11H2,1H3,(H,18,19,20). The highest BCUT2D eigenvalue weighted by atomic mass is 32.1. The average molecular weight is 328 g/mol. The lowest BCUT2D eigenvalue weighted by Gasteiger charge is -2.10. The van der Waals surface area contributed by atoms with E-state index >= 15 is 0 Å². The molecule has 0 aliphatic rings. The van der Waals surface area contributed by atoms with Gasteiger partial charge in [0.2, 0.25) is 0 Å². The lowest BCUT2D eigenvalue weighted by atomic mass is 10.2. The molecule has 1 N–H and O–H groups in total. The maximum Gasteiger partial charge on any atom is 0.261 e. The first-order valence-corrected chi connectivity index (χ1v) is 7.97. The number of nitrogens with one attached hydrogen (secondary N) is 1. The molecule has 0 aliphatic carbocycles. The molecule has 0 unspecified atom stereocenters. The maximum atomic E-state index is 12.5. The number of hydrogen-bond acceptors (Lipinski definition) is 5. The Morgan fingerprint density at radius 1 is 1.13 bits per heavy atom. The third kappa shape index (κ3) is 3.67. The number of benzene rings is 2. The zero-order chi connectivity index (χ0) is 16.1. The van der Waals surface area contributed by atoms with Crippen LogP contribution in [0.3, 0.4) is 0 Å². The number of hydrogen-bond donors (Lipinski definition) is 1. The molecule has 0 saturated heterocycles. The van der Waals surface area contributed by atoms with Gasteiger partial charge >= 0.3 is 0 Å². The molecular formula is C17H16N2O3S. The molecule has 23 heavy (non-hydrogen) atoms. The van der Waals surface area contributed by atoms with Gasteiger partial charge in [0.05, 0.1) is 22.4 Å². The summed E-state index contributed by atoms with van der Waals surface area (Å²) in [5.41, 5.74) is 1.35. The Morgan fingerprint density at radius 2 is 1.91 bits per heavy atom. The number of aromatic nitrogens is 1. The van der Waals surface area contributed by atoms with E-state index in [0.29, 0.717) is 29.7 Å². The van der Waals surface area contributed by atoms with Crippen LogP contribution in [-0.4, -0.2) is 31.2 Å². The highest BCUT2D eigenvalue weighted by molar-refractivity contribution is 7.22. The number of fused-ring (bicyclic) bond motifs is 1. The van der Waals surface area contributed by atoms with Gasteiger partial charge in [-0.1, -0.05) is 35.6 Å². The minimum absolute atomic E-state index is 0.239. The SMILES string of the molecule is COCCOc1ccccc1C(=O)Nc1nc2ccccc2s1. The smallest absolute Gasteiger partial charge is 0.261 e. The van der Waals surface area contributed by atoms with E-state index in [4.69, 9.17) is 9.47 Å². The lowest BCUT2D eigenvalue weighted by molar-refractivity contribution is 0.101. The van der Waals surface area contributed by atoms with Crippen LogP contribution in [0, 0.1) is 0 Å². The second kappa shape index (κ2) is 7.21. The number of rotatable bonds is 6. The first-order chi connectivity index (χ1) is 11.3. The Labute approximate surface area is 137 Å². The molecule has 3 aromatic rings. The molecule has 0 fully saturated rings. The van der Waals surface area contributed by atoms with Crippen molar-refractivity contribution in [3.05, 3.63) is 54.1 Å². The topological polar surface area (TPSA) is 60.5 Å². The summed E-state index contributed by atoms with van der Waals surface area (Å²) < 4.78 is 11.6. The predicted octanol–water partition coefficient (Wildman–Crippen LogP) is 3.57. The van der Waals surface area contributed by atoms with Gasteiger partial charge in [-0.25, -0.2) is 4.98 Å². The van der Waals surface area contributed by atoms with Gasteiger partial charge in [0.1, 0.15) is 12.4 Å². The van der Waals surface area contributed by atoms with E-state index in [9.17, 15) is 4.79 Å². The van der Waals surface area contributed by atoms with E-state index in [1.807, 2.05) is 30.3 Å². The van der Waals surface area contributed by atoms with Gasteiger partial charge in [-0.05, 0) is 24.3 Å². The molecule has 1 aromatic heterocycles. The second-order valence-electron chi connectivity index (χ2n) is 4.78. The second-order valence-corrected chi connectivity index (χ2v) is 5.81.